The molecule has 82 valence electrons. The van der Waals surface area contributed by atoms with Gasteiger partial charge in [0.05, 0.1) is 19.3 Å². The van der Waals surface area contributed by atoms with Crippen molar-refractivity contribution in [1.82, 2.24) is 9.97 Å². The van der Waals surface area contributed by atoms with E-state index in [1.165, 1.54) is 0 Å². The lowest BCUT2D eigenvalue weighted by Crippen LogP contribution is -2.44. The van der Waals surface area contributed by atoms with E-state index in [2.05, 4.69) is 37.7 Å². The van der Waals surface area contributed by atoms with Crippen LogP contribution in [-0.2, 0) is 4.74 Å². The summed E-state index contributed by atoms with van der Waals surface area (Å²) in [5.41, 5.74) is 5.67. The molecular formula is C9H13BrN4O. The summed E-state index contributed by atoms with van der Waals surface area (Å²) >= 11 is 3.31. The summed E-state index contributed by atoms with van der Waals surface area (Å²) in [6.07, 6.45) is 0. The number of hydrogen-bond donors (Lipinski definition) is 1. The van der Waals surface area contributed by atoms with Gasteiger partial charge in [0.1, 0.15) is 10.4 Å². The Morgan fingerprint density at radius 2 is 2.40 bits per heavy atom. The molecule has 2 heterocycles. The molecule has 0 aliphatic carbocycles. The zero-order valence-electron chi connectivity index (χ0n) is 8.48. The summed E-state index contributed by atoms with van der Waals surface area (Å²) in [4.78, 5) is 10.6. The lowest BCUT2D eigenvalue weighted by atomic mass is 10.3. The summed E-state index contributed by atoms with van der Waals surface area (Å²) in [5.74, 6) is 1.14. The van der Waals surface area contributed by atoms with Crippen LogP contribution in [0.4, 0.5) is 11.8 Å². The van der Waals surface area contributed by atoms with Crippen molar-refractivity contribution in [3.63, 3.8) is 0 Å². The van der Waals surface area contributed by atoms with Crippen LogP contribution in [0.2, 0.25) is 0 Å². The Hall–Kier alpha value is -0.880. The van der Waals surface area contributed by atoms with E-state index < -0.39 is 0 Å². The van der Waals surface area contributed by atoms with Gasteiger partial charge in [-0.2, -0.15) is 4.98 Å². The molecule has 1 aromatic heterocycles. The van der Waals surface area contributed by atoms with Gasteiger partial charge in [0.15, 0.2) is 0 Å². The van der Waals surface area contributed by atoms with Crippen molar-refractivity contribution < 1.29 is 4.74 Å². The Balaban J connectivity index is 2.27. The average molecular weight is 273 g/mol. The van der Waals surface area contributed by atoms with Gasteiger partial charge in [-0.25, -0.2) is 4.98 Å². The molecule has 6 heteroatoms. The third kappa shape index (κ3) is 2.38. The highest BCUT2D eigenvalue weighted by molar-refractivity contribution is 9.10. The Kier molecular flexibility index (Phi) is 3.06. The van der Waals surface area contributed by atoms with Crippen LogP contribution in [-0.4, -0.2) is 35.8 Å². The summed E-state index contributed by atoms with van der Waals surface area (Å²) in [6.45, 7) is 4.30. The topological polar surface area (TPSA) is 64.3 Å². The average Bonchev–Trinajstić information content (AvgIpc) is 2.16. The van der Waals surface area contributed by atoms with Crippen molar-refractivity contribution in [2.45, 2.75) is 13.0 Å². The van der Waals surface area contributed by atoms with Gasteiger partial charge < -0.3 is 15.4 Å². The van der Waals surface area contributed by atoms with E-state index in [1.807, 2.05) is 0 Å². The molecule has 0 amide bonds. The largest absolute Gasteiger partial charge is 0.383 e. The molecule has 1 aliphatic rings. The van der Waals surface area contributed by atoms with Gasteiger partial charge in [-0.15, -0.1) is 0 Å². The van der Waals surface area contributed by atoms with Crippen molar-refractivity contribution in [2.24, 2.45) is 0 Å². The predicted molar refractivity (Wildman–Crippen MR) is 61.8 cm³/mol. The van der Waals surface area contributed by atoms with Crippen molar-refractivity contribution in [2.75, 3.05) is 30.4 Å². The lowest BCUT2D eigenvalue weighted by molar-refractivity contribution is 0.0981. The number of nitrogens with zero attached hydrogens (tertiary/aromatic N) is 3. The first-order chi connectivity index (χ1) is 7.16. The van der Waals surface area contributed by atoms with Gasteiger partial charge in [-0.05, 0) is 22.9 Å². The van der Waals surface area contributed by atoms with E-state index in [0.717, 1.165) is 6.54 Å². The molecule has 1 atom stereocenters. The van der Waals surface area contributed by atoms with Crippen molar-refractivity contribution >= 4 is 27.7 Å². The molecule has 0 saturated carbocycles. The summed E-state index contributed by atoms with van der Waals surface area (Å²) < 4.78 is 6.07. The number of morpholine rings is 1. The van der Waals surface area contributed by atoms with Crippen molar-refractivity contribution in [1.29, 1.82) is 0 Å². The third-order valence-corrected chi connectivity index (χ3v) is 2.73. The van der Waals surface area contributed by atoms with Gasteiger partial charge in [0.2, 0.25) is 5.95 Å². The van der Waals surface area contributed by atoms with Crippen LogP contribution >= 0.6 is 15.9 Å². The molecule has 1 aliphatic heterocycles. The lowest BCUT2D eigenvalue weighted by Gasteiger charge is -2.33. The van der Waals surface area contributed by atoms with Gasteiger partial charge >= 0.3 is 0 Å². The highest BCUT2D eigenvalue weighted by Crippen LogP contribution is 2.19. The predicted octanol–water partition coefficient (Wildman–Crippen LogP) is 1.05. The molecule has 0 aromatic carbocycles. The van der Waals surface area contributed by atoms with Crippen LogP contribution in [0.15, 0.2) is 10.7 Å². The van der Waals surface area contributed by atoms with E-state index in [9.17, 15) is 0 Å². The van der Waals surface area contributed by atoms with Crippen LogP contribution in [0.25, 0.3) is 0 Å². The van der Waals surface area contributed by atoms with E-state index in [1.54, 1.807) is 6.07 Å². The normalized spacial score (nSPS) is 21.7. The quantitative estimate of drug-likeness (QED) is 0.775. The van der Waals surface area contributed by atoms with E-state index in [4.69, 9.17) is 10.5 Å². The zero-order chi connectivity index (χ0) is 10.8. The number of anilines is 2. The second-order valence-electron chi connectivity index (χ2n) is 3.53. The number of ether oxygens (including phenoxy) is 1. The molecule has 0 bridgehead atoms. The van der Waals surface area contributed by atoms with Crippen LogP contribution < -0.4 is 10.6 Å². The van der Waals surface area contributed by atoms with E-state index in [0.29, 0.717) is 29.6 Å². The van der Waals surface area contributed by atoms with Gasteiger partial charge in [-0.3, -0.25) is 0 Å². The number of hydrogen-bond acceptors (Lipinski definition) is 5. The molecule has 0 spiro atoms. The number of aromatic nitrogens is 2. The Bertz CT molecular complexity index is 340. The van der Waals surface area contributed by atoms with Crippen LogP contribution in [0.3, 0.4) is 0 Å². The van der Waals surface area contributed by atoms with Crippen molar-refractivity contribution in [3.05, 3.63) is 10.7 Å². The minimum atomic E-state index is 0.285. The molecule has 0 radical (unpaired) electrons. The first-order valence-corrected chi connectivity index (χ1v) is 5.60. The SMILES string of the molecule is CC1COCCN1c1nc(N)cc(Br)n1. The maximum Gasteiger partial charge on any atom is 0.228 e. The number of rotatable bonds is 1. The second-order valence-corrected chi connectivity index (χ2v) is 4.35. The number of nitrogens with two attached hydrogens (primary N) is 1. The number of nitrogen functional groups attached to an aromatic ring is 1. The van der Waals surface area contributed by atoms with Gasteiger partial charge in [0.25, 0.3) is 0 Å². The fraction of sp³-hybridized carbons (Fsp3) is 0.556. The molecule has 2 rings (SSSR count). The minimum Gasteiger partial charge on any atom is -0.383 e. The first kappa shape index (κ1) is 10.6. The molecule has 1 saturated heterocycles. The minimum absolute atomic E-state index is 0.285. The fourth-order valence-electron chi connectivity index (χ4n) is 1.58. The van der Waals surface area contributed by atoms with E-state index in [-0.39, 0.29) is 6.04 Å². The second kappa shape index (κ2) is 4.32. The first-order valence-electron chi connectivity index (χ1n) is 4.81. The molecular weight excluding hydrogens is 260 g/mol. The molecule has 2 N–H and O–H groups in total. The Morgan fingerprint density at radius 3 is 3.07 bits per heavy atom. The standard InChI is InChI=1S/C9H13BrN4O/c1-6-5-15-3-2-14(6)9-12-7(10)4-8(11)13-9/h4,6H,2-3,5H2,1H3,(H2,11,12,13). The van der Waals surface area contributed by atoms with Crippen LogP contribution in [0.5, 0.6) is 0 Å². The summed E-state index contributed by atoms with van der Waals surface area (Å²) in [7, 11) is 0. The third-order valence-electron chi connectivity index (χ3n) is 2.33. The van der Waals surface area contributed by atoms with E-state index >= 15 is 0 Å². The van der Waals surface area contributed by atoms with Crippen molar-refractivity contribution in [3.8, 4) is 0 Å². The smallest absolute Gasteiger partial charge is 0.228 e. The Morgan fingerprint density at radius 1 is 1.60 bits per heavy atom. The van der Waals surface area contributed by atoms with Crippen LogP contribution in [0.1, 0.15) is 6.92 Å². The highest BCUT2D eigenvalue weighted by Gasteiger charge is 2.21. The zero-order valence-corrected chi connectivity index (χ0v) is 10.1. The van der Waals surface area contributed by atoms with Gasteiger partial charge in [-0.1, -0.05) is 0 Å². The molecule has 5 nitrogen and oxygen atoms in total. The monoisotopic (exact) mass is 272 g/mol. The summed E-state index contributed by atoms with van der Waals surface area (Å²) in [5, 5.41) is 0. The summed E-state index contributed by atoms with van der Waals surface area (Å²) in [6, 6.07) is 1.97. The Labute approximate surface area is 96.8 Å². The van der Waals surface area contributed by atoms with Crippen LogP contribution in [0, 0.1) is 0 Å². The molecule has 1 aromatic rings. The highest BCUT2D eigenvalue weighted by atomic mass is 79.9. The fourth-order valence-corrected chi connectivity index (χ4v) is 1.97. The molecule has 1 fully saturated rings. The van der Waals surface area contributed by atoms with Gasteiger partial charge in [0, 0.05) is 12.6 Å². The maximum absolute atomic E-state index is 5.67. The maximum atomic E-state index is 5.67. The number of halogens is 1. The molecule has 1 unspecified atom stereocenters. The molecule has 15 heavy (non-hydrogen) atoms.